The van der Waals surface area contributed by atoms with Gasteiger partial charge in [-0.3, -0.25) is 9.59 Å². The van der Waals surface area contributed by atoms with Crippen molar-refractivity contribution in [3.05, 3.63) is 99.4 Å². The van der Waals surface area contributed by atoms with Crippen LogP contribution >= 0.6 is 27.7 Å². The van der Waals surface area contributed by atoms with Crippen LogP contribution in [0.15, 0.2) is 98.2 Å². The van der Waals surface area contributed by atoms with Gasteiger partial charge < -0.3 is 5.32 Å². The number of halogens is 1. The molecule has 148 valence electrons. The number of hydrogen-bond donors (Lipinski definition) is 2. The number of benzene rings is 2. The predicted molar refractivity (Wildman–Crippen MR) is 121 cm³/mol. The van der Waals surface area contributed by atoms with Gasteiger partial charge in [0, 0.05) is 32.9 Å². The largest absolute Gasteiger partial charge is 0.322 e. The van der Waals surface area contributed by atoms with Crippen molar-refractivity contribution in [2.75, 3.05) is 5.32 Å². The molecule has 6 nitrogen and oxygen atoms in total. The molecule has 2 N–H and O–H groups in total. The summed E-state index contributed by atoms with van der Waals surface area (Å²) in [6.45, 7) is 0. The molecule has 2 heterocycles. The monoisotopic (exact) mass is 478 g/mol. The first-order valence-corrected chi connectivity index (χ1v) is 10.6. The number of amides is 1. The second kappa shape index (κ2) is 9.06. The summed E-state index contributed by atoms with van der Waals surface area (Å²) in [6, 6.07) is 21.6. The molecular formula is C22H15BrN4O2S. The van der Waals surface area contributed by atoms with Crippen molar-refractivity contribution in [1.29, 1.82) is 0 Å². The first-order valence-electron chi connectivity index (χ1n) is 8.94. The molecule has 0 radical (unpaired) electrons. The molecule has 30 heavy (non-hydrogen) atoms. The van der Waals surface area contributed by atoms with E-state index in [1.165, 1.54) is 17.8 Å². The second-order valence-electron chi connectivity index (χ2n) is 6.25. The van der Waals surface area contributed by atoms with E-state index in [0.29, 0.717) is 22.0 Å². The molecule has 0 aliphatic heterocycles. The molecule has 0 saturated heterocycles. The Hall–Kier alpha value is -3.23. The Morgan fingerprint density at radius 3 is 2.60 bits per heavy atom. The molecule has 4 rings (SSSR count). The summed E-state index contributed by atoms with van der Waals surface area (Å²) in [5.74, 6) is -0.255. The molecule has 0 atom stereocenters. The van der Waals surface area contributed by atoms with Gasteiger partial charge in [-0.2, -0.15) is 5.10 Å². The third-order valence-electron chi connectivity index (χ3n) is 4.14. The number of carbonyl (C=O) groups excluding carboxylic acids is 1. The second-order valence-corrected chi connectivity index (χ2v) is 8.23. The zero-order chi connectivity index (χ0) is 20.9. The van der Waals surface area contributed by atoms with E-state index in [1.54, 1.807) is 36.5 Å². The summed E-state index contributed by atoms with van der Waals surface area (Å²) in [6.07, 6.45) is 1.67. The lowest BCUT2D eigenvalue weighted by Gasteiger charge is -2.10. The number of carbonyl (C=O) groups is 1. The molecule has 4 aromatic rings. The summed E-state index contributed by atoms with van der Waals surface area (Å²) in [7, 11) is 0. The van der Waals surface area contributed by atoms with Crippen LogP contribution in [0.3, 0.4) is 0 Å². The Morgan fingerprint density at radius 1 is 1.00 bits per heavy atom. The van der Waals surface area contributed by atoms with Crippen LogP contribution in [0.25, 0.3) is 11.3 Å². The van der Waals surface area contributed by atoms with Crippen LogP contribution in [0.1, 0.15) is 10.4 Å². The van der Waals surface area contributed by atoms with Gasteiger partial charge in [0.2, 0.25) is 0 Å². The molecule has 0 unspecified atom stereocenters. The topological polar surface area (TPSA) is 87.7 Å². The molecule has 0 aliphatic rings. The lowest BCUT2D eigenvalue weighted by Crippen LogP contribution is -2.13. The minimum absolute atomic E-state index is 0.255. The van der Waals surface area contributed by atoms with Gasteiger partial charge in [-0.05, 0) is 54.6 Å². The number of nitrogens with one attached hydrogen (secondary N) is 2. The van der Waals surface area contributed by atoms with Gasteiger partial charge in [-0.1, -0.05) is 39.8 Å². The van der Waals surface area contributed by atoms with E-state index in [1.807, 2.05) is 36.4 Å². The van der Waals surface area contributed by atoms with E-state index in [9.17, 15) is 9.59 Å². The van der Waals surface area contributed by atoms with Crippen molar-refractivity contribution in [2.45, 2.75) is 9.92 Å². The van der Waals surface area contributed by atoms with Crippen molar-refractivity contribution < 1.29 is 4.79 Å². The fraction of sp³-hybridized carbons (Fsp3) is 0. The summed E-state index contributed by atoms with van der Waals surface area (Å²) < 4.78 is 0.989. The lowest BCUT2D eigenvalue weighted by molar-refractivity contribution is 0.102. The molecule has 0 bridgehead atoms. The third-order valence-corrected chi connectivity index (χ3v) is 5.69. The lowest BCUT2D eigenvalue weighted by atomic mass is 10.1. The first kappa shape index (κ1) is 20.1. The average Bonchev–Trinajstić information content (AvgIpc) is 2.76. The minimum atomic E-state index is -0.268. The first-order chi connectivity index (χ1) is 14.6. The predicted octanol–water partition coefficient (Wildman–Crippen LogP) is 5.00. The van der Waals surface area contributed by atoms with Gasteiger partial charge >= 0.3 is 0 Å². The molecule has 0 fully saturated rings. The average molecular weight is 479 g/mol. The van der Waals surface area contributed by atoms with E-state index in [2.05, 4.69) is 36.4 Å². The highest BCUT2D eigenvalue weighted by Crippen LogP contribution is 2.30. The number of aromatic amines is 1. The van der Waals surface area contributed by atoms with Crippen LogP contribution in [0.5, 0.6) is 0 Å². The van der Waals surface area contributed by atoms with Crippen molar-refractivity contribution >= 4 is 39.3 Å². The molecule has 0 aliphatic carbocycles. The summed E-state index contributed by atoms with van der Waals surface area (Å²) in [4.78, 5) is 29.5. The fourth-order valence-corrected chi connectivity index (χ4v) is 3.86. The number of nitrogens with zero attached hydrogens (tertiary/aromatic N) is 2. The van der Waals surface area contributed by atoms with Gasteiger partial charge in [0.15, 0.2) is 0 Å². The third kappa shape index (κ3) is 4.84. The smallest absolute Gasteiger partial charge is 0.264 e. The van der Waals surface area contributed by atoms with Crippen LogP contribution in [0.2, 0.25) is 0 Å². The number of rotatable bonds is 5. The van der Waals surface area contributed by atoms with Crippen molar-refractivity contribution in [1.82, 2.24) is 15.2 Å². The quantitative estimate of drug-likeness (QED) is 0.421. The number of anilines is 1. The molecule has 2 aromatic carbocycles. The van der Waals surface area contributed by atoms with Crippen molar-refractivity contribution in [3.63, 3.8) is 0 Å². The Morgan fingerprint density at radius 2 is 1.83 bits per heavy atom. The summed E-state index contributed by atoms with van der Waals surface area (Å²) >= 11 is 4.85. The zero-order valence-corrected chi connectivity index (χ0v) is 17.9. The fourth-order valence-electron chi connectivity index (χ4n) is 2.72. The Labute approximate surface area is 184 Å². The molecule has 2 aromatic heterocycles. The normalized spacial score (nSPS) is 10.6. The van der Waals surface area contributed by atoms with Crippen LogP contribution in [-0.2, 0) is 0 Å². The Kier molecular flexibility index (Phi) is 6.06. The van der Waals surface area contributed by atoms with E-state index in [-0.39, 0.29) is 11.5 Å². The number of H-pyrrole nitrogens is 1. The van der Waals surface area contributed by atoms with Gasteiger partial charge in [-0.15, -0.1) is 0 Å². The SMILES string of the molecule is O=C(Nc1cccc(-c2ccc(=O)[nH]n2)c1)c1cccnc1Sc1ccc(Br)cc1. The number of hydrogen-bond acceptors (Lipinski definition) is 5. The van der Waals surface area contributed by atoms with Gasteiger partial charge in [0.1, 0.15) is 5.03 Å². The van der Waals surface area contributed by atoms with E-state index < -0.39 is 0 Å². The van der Waals surface area contributed by atoms with Crippen LogP contribution in [-0.4, -0.2) is 21.1 Å². The van der Waals surface area contributed by atoms with Crippen LogP contribution in [0.4, 0.5) is 5.69 Å². The van der Waals surface area contributed by atoms with Crippen molar-refractivity contribution in [2.24, 2.45) is 0 Å². The maximum atomic E-state index is 12.9. The number of pyridine rings is 1. The molecule has 8 heteroatoms. The standard InChI is InChI=1S/C22H15BrN4O2S/c23-15-6-8-17(9-7-15)30-22-18(5-2-12-24-22)21(29)25-16-4-1-3-14(13-16)19-10-11-20(28)27-26-19/h1-13H,(H,25,29)(H,27,28). The molecule has 0 spiro atoms. The minimum Gasteiger partial charge on any atom is -0.322 e. The zero-order valence-electron chi connectivity index (χ0n) is 15.5. The van der Waals surface area contributed by atoms with E-state index in [4.69, 9.17) is 0 Å². The van der Waals surface area contributed by atoms with Gasteiger partial charge in [0.25, 0.3) is 11.5 Å². The van der Waals surface area contributed by atoms with E-state index in [0.717, 1.165) is 14.9 Å². The maximum Gasteiger partial charge on any atom is 0.264 e. The molecule has 1 amide bonds. The van der Waals surface area contributed by atoms with Gasteiger partial charge in [-0.25, -0.2) is 10.1 Å². The Bertz CT molecular complexity index is 1240. The van der Waals surface area contributed by atoms with Gasteiger partial charge in [0.05, 0.1) is 11.3 Å². The van der Waals surface area contributed by atoms with E-state index >= 15 is 0 Å². The number of aromatic nitrogens is 3. The highest BCUT2D eigenvalue weighted by Gasteiger charge is 2.14. The maximum absolute atomic E-state index is 12.9. The molecule has 0 saturated carbocycles. The summed E-state index contributed by atoms with van der Waals surface area (Å²) in [5.41, 5.74) is 2.22. The van der Waals surface area contributed by atoms with Crippen LogP contribution in [0, 0.1) is 0 Å². The highest BCUT2D eigenvalue weighted by molar-refractivity contribution is 9.10. The Balaban J connectivity index is 1.56. The highest BCUT2D eigenvalue weighted by atomic mass is 79.9. The van der Waals surface area contributed by atoms with Crippen molar-refractivity contribution in [3.8, 4) is 11.3 Å². The van der Waals surface area contributed by atoms with Crippen LogP contribution < -0.4 is 10.9 Å². The molecular weight excluding hydrogens is 464 g/mol. The summed E-state index contributed by atoms with van der Waals surface area (Å²) in [5, 5.41) is 9.98.